The molecular weight excluding hydrogens is 246 g/mol. The van der Waals surface area contributed by atoms with Gasteiger partial charge in [-0.2, -0.15) is 0 Å². The van der Waals surface area contributed by atoms with Crippen LogP contribution in [0.15, 0.2) is 22.0 Å². The second-order valence-electron chi connectivity index (χ2n) is 3.61. The third kappa shape index (κ3) is 2.01. The van der Waals surface area contributed by atoms with E-state index in [1.54, 1.807) is 18.5 Å². The van der Waals surface area contributed by atoms with Gasteiger partial charge < -0.3 is 4.57 Å². The predicted molar refractivity (Wildman–Crippen MR) is 61.1 cm³/mol. The Morgan fingerprint density at radius 2 is 2.18 bits per heavy atom. The Balaban J connectivity index is 2.60. The molecule has 1 unspecified atom stereocenters. The molecule has 1 atom stereocenters. The smallest absolute Gasteiger partial charge is 0.319 e. The molecule has 0 saturated carbocycles. The zero-order valence-corrected chi connectivity index (χ0v) is 9.97. The molecule has 17 heavy (non-hydrogen) atoms. The van der Waals surface area contributed by atoms with E-state index in [0.717, 1.165) is 10.6 Å². The molecule has 1 N–H and O–H groups in total. The van der Waals surface area contributed by atoms with Crippen molar-refractivity contribution in [1.82, 2.24) is 24.3 Å². The molecule has 0 spiro atoms. The number of aromatic nitrogens is 5. The normalized spacial score (nSPS) is 12.6. The van der Waals surface area contributed by atoms with Crippen molar-refractivity contribution >= 4 is 11.6 Å². The summed E-state index contributed by atoms with van der Waals surface area (Å²) in [5.74, 6) is 0.514. The lowest BCUT2D eigenvalue weighted by Crippen LogP contribution is -2.37. The van der Waals surface area contributed by atoms with Crippen LogP contribution in [0.25, 0.3) is 0 Å². The summed E-state index contributed by atoms with van der Waals surface area (Å²) >= 11 is 5.58. The molecule has 7 nitrogen and oxygen atoms in total. The van der Waals surface area contributed by atoms with Gasteiger partial charge in [0.2, 0.25) is 0 Å². The summed E-state index contributed by atoms with van der Waals surface area (Å²) in [7, 11) is 1.74. The van der Waals surface area contributed by atoms with Gasteiger partial charge in [0.1, 0.15) is 11.5 Å². The molecule has 2 aromatic heterocycles. The van der Waals surface area contributed by atoms with Crippen LogP contribution in [0, 0.1) is 0 Å². The highest BCUT2D eigenvalue weighted by molar-refractivity contribution is 6.29. The number of hydrogen-bond acceptors (Lipinski definition) is 4. The summed E-state index contributed by atoms with van der Waals surface area (Å²) in [4.78, 5) is 25.7. The van der Waals surface area contributed by atoms with E-state index >= 15 is 0 Å². The Morgan fingerprint density at radius 1 is 1.47 bits per heavy atom. The van der Waals surface area contributed by atoms with Gasteiger partial charge in [-0.15, -0.1) is 10.2 Å². The number of rotatable bonds is 2. The highest BCUT2D eigenvalue weighted by atomic mass is 35.5. The second-order valence-corrected chi connectivity index (χ2v) is 4.01. The molecule has 0 aliphatic carbocycles. The largest absolute Gasteiger partial charge is 0.330 e. The van der Waals surface area contributed by atoms with Crippen molar-refractivity contribution in [3.8, 4) is 0 Å². The van der Waals surface area contributed by atoms with Gasteiger partial charge in [0, 0.05) is 13.1 Å². The van der Waals surface area contributed by atoms with Gasteiger partial charge in [-0.1, -0.05) is 11.6 Å². The van der Waals surface area contributed by atoms with Gasteiger partial charge >= 0.3 is 5.69 Å². The van der Waals surface area contributed by atoms with Crippen LogP contribution >= 0.6 is 11.6 Å². The Labute approximate surface area is 101 Å². The van der Waals surface area contributed by atoms with Gasteiger partial charge in [-0.3, -0.25) is 9.78 Å². The minimum absolute atomic E-state index is 0.0152. The van der Waals surface area contributed by atoms with E-state index in [0.29, 0.717) is 5.82 Å². The maximum atomic E-state index is 11.7. The first-order valence-electron chi connectivity index (χ1n) is 4.86. The third-order valence-corrected chi connectivity index (χ3v) is 2.64. The molecule has 2 rings (SSSR count). The minimum atomic E-state index is -0.571. The van der Waals surface area contributed by atoms with Crippen molar-refractivity contribution in [2.24, 2.45) is 7.05 Å². The van der Waals surface area contributed by atoms with E-state index in [1.165, 1.54) is 6.33 Å². The number of halogens is 1. The predicted octanol–water partition coefficient (Wildman–Crippen LogP) is -0.0722. The van der Waals surface area contributed by atoms with Crippen molar-refractivity contribution < 1.29 is 0 Å². The van der Waals surface area contributed by atoms with Crippen LogP contribution in [0.3, 0.4) is 0 Å². The molecule has 0 aromatic carbocycles. The quantitative estimate of drug-likeness (QED) is 0.761. The zero-order valence-electron chi connectivity index (χ0n) is 9.22. The van der Waals surface area contributed by atoms with Crippen LogP contribution in [0.4, 0.5) is 0 Å². The summed E-state index contributed by atoms with van der Waals surface area (Å²) in [5.41, 5.74) is -1.05. The molecule has 0 fully saturated rings. The summed E-state index contributed by atoms with van der Waals surface area (Å²) in [6.07, 6.45) is 1.50. The molecule has 8 heteroatoms. The lowest BCUT2D eigenvalue weighted by Gasteiger charge is -2.12. The van der Waals surface area contributed by atoms with Crippen molar-refractivity contribution in [2.45, 2.75) is 13.0 Å². The lowest BCUT2D eigenvalue weighted by molar-refractivity contribution is 0.530. The van der Waals surface area contributed by atoms with Gasteiger partial charge in [-0.05, 0) is 6.92 Å². The van der Waals surface area contributed by atoms with E-state index in [4.69, 9.17) is 11.6 Å². The Kier molecular flexibility index (Phi) is 2.84. The molecule has 90 valence electrons. The number of H-pyrrole nitrogens is 1. The highest BCUT2D eigenvalue weighted by Gasteiger charge is 2.17. The Morgan fingerprint density at radius 3 is 2.71 bits per heavy atom. The summed E-state index contributed by atoms with van der Waals surface area (Å²) in [6.45, 7) is 1.69. The summed E-state index contributed by atoms with van der Waals surface area (Å²) in [6, 6.07) is 0.631. The number of hydrogen-bond donors (Lipinski definition) is 1. The molecule has 2 aromatic rings. The average Bonchev–Trinajstić information content (AvgIpc) is 2.62. The van der Waals surface area contributed by atoms with Crippen LogP contribution in [-0.2, 0) is 7.05 Å². The molecule has 0 aliphatic heterocycles. The van der Waals surface area contributed by atoms with Gasteiger partial charge in [0.25, 0.3) is 5.56 Å². The number of aryl methyl sites for hydroxylation is 1. The van der Waals surface area contributed by atoms with Gasteiger partial charge in [0.05, 0.1) is 6.04 Å². The first kappa shape index (κ1) is 11.6. The zero-order chi connectivity index (χ0) is 12.6. The van der Waals surface area contributed by atoms with Crippen LogP contribution < -0.4 is 11.2 Å². The van der Waals surface area contributed by atoms with Crippen LogP contribution in [0.1, 0.15) is 18.8 Å². The molecule has 2 heterocycles. The lowest BCUT2D eigenvalue weighted by atomic mass is 10.3. The molecule has 0 saturated heterocycles. The van der Waals surface area contributed by atoms with E-state index < -0.39 is 17.3 Å². The maximum absolute atomic E-state index is 11.7. The fraction of sp³-hybridized carbons (Fsp3) is 0.333. The number of nitrogens with zero attached hydrogens (tertiary/aromatic N) is 4. The van der Waals surface area contributed by atoms with E-state index in [-0.39, 0.29) is 5.15 Å². The first-order chi connectivity index (χ1) is 8.00. The van der Waals surface area contributed by atoms with Gasteiger partial charge in [0.15, 0.2) is 5.82 Å². The number of aromatic amines is 1. The standard InChI is InChI=1S/C9H10ClN5O2/c1-5(8-13-11-4-14(8)2)15-7(16)3-6(10)12-9(15)17/h3-5H,1-2H3,(H,12,17). The van der Waals surface area contributed by atoms with Crippen LogP contribution in [0.5, 0.6) is 0 Å². The van der Waals surface area contributed by atoms with Crippen LogP contribution in [-0.4, -0.2) is 24.3 Å². The first-order valence-corrected chi connectivity index (χ1v) is 5.23. The van der Waals surface area contributed by atoms with Crippen molar-refractivity contribution in [2.75, 3.05) is 0 Å². The third-order valence-electron chi connectivity index (χ3n) is 2.44. The van der Waals surface area contributed by atoms with Crippen LogP contribution in [0.2, 0.25) is 5.15 Å². The molecule has 0 bridgehead atoms. The van der Waals surface area contributed by atoms with Crippen molar-refractivity contribution in [3.05, 3.63) is 44.2 Å². The average molecular weight is 256 g/mol. The Hall–Kier alpha value is -1.89. The Bertz CT molecular complexity index is 625. The SMILES string of the molecule is CC(c1nncn1C)n1c(=O)cc(Cl)[nH]c1=O. The fourth-order valence-electron chi connectivity index (χ4n) is 1.63. The molecular formula is C9H10ClN5O2. The monoisotopic (exact) mass is 255 g/mol. The van der Waals surface area contributed by atoms with Crippen molar-refractivity contribution in [1.29, 1.82) is 0 Å². The highest BCUT2D eigenvalue weighted by Crippen LogP contribution is 2.10. The van der Waals surface area contributed by atoms with Crippen molar-refractivity contribution in [3.63, 3.8) is 0 Å². The van der Waals surface area contributed by atoms with E-state index in [2.05, 4.69) is 15.2 Å². The van der Waals surface area contributed by atoms with E-state index in [9.17, 15) is 9.59 Å². The maximum Gasteiger partial charge on any atom is 0.330 e. The molecule has 0 amide bonds. The molecule has 0 radical (unpaired) electrons. The minimum Gasteiger partial charge on any atom is -0.319 e. The number of nitrogens with one attached hydrogen (secondary N) is 1. The van der Waals surface area contributed by atoms with Gasteiger partial charge in [-0.25, -0.2) is 9.36 Å². The van der Waals surface area contributed by atoms with E-state index in [1.807, 2.05) is 0 Å². The topological polar surface area (TPSA) is 85.6 Å². The summed E-state index contributed by atoms with van der Waals surface area (Å²) in [5, 5.41) is 7.58. The fourth-order valence-corrected chi connectivity index (χ4v) is 1.80. The summed E-state index contributed by atoms with van der Waals surface area (Å²) < 4.78 is 2.68. The second kappa shape index (κ2) is 4.17. The molecule has 0 aliphatic rings.